The van der Waals surface area contributed by atoms with Gasteiger partial charge in [0.1, 0.15) is 5.60 Å². The zero-order valence-electron chi connectivity index (χ0n) is 16.2. The quantitative estimate of drug-likeness (QED) is 0.306. The number of Topliss-reactive ketones (excluding diaryl/α,β-unsaturated/α-hetero) is 1. The van der Waals surface area contributed by atoms with E-state index in [1.54, 1.807) is 13.8 Å². The third kappa shape index (κ3) is 16.3. The second kappa shape index (κ2) is 15.2. The van der Waals surface area contributed by atoms with Gasteiger partial charge in [0.25, 0.3) is 0 Å². The minimum Gasteiger partial charge on any atom is -0.383 e. The molecule has 0 aliphatic heterocycles. The molecule has 0 aromatic rings. The van der Waals surface area contributed by atoms with Gasteiger partial charge in [0.05, 0.1) is 0 Å². The molecule has 0 unspecified atom stereocenters. The molecule has 0 rings (SSSR count). The largest absolute Gasteiger partial charge is 0.383 e. The molecule has 0 amide bonds. The molecular formula is C21H42O2. The summed E-state index contributed by atoms with van der Waals surface area (Å²) >= 11 is 0. The van der Waals surface area contributed by atoms with Crippen LogP contribution in [0.25, 0.3) is 0 Å². The van der Waals surface area contributed by atoms with Crippen LogP contribution in [-0.2, 0) is 4.79 Å². The van der Waals surface area contributed by atoms with Crippen molar-refractivity contribution in [3.8, 4) is 0 Å². The van der Waals surface area contributed by atoms with E-state index in [1.165, 1.54) is 83.5 Å². The molecule has 0 aromatic carbocycles. The number of aliphatic hydroxyl groups is 1. The summed E-state index contributed by atoms with van der Waals surface area (Å²) in [6.07, 6.45) is 20.5. The Morgan fingerprint density at radius 1 is 0.652 bits per heavy atom. The van der Waals surface area contributed by atoms with E-state index in [0.29, 0.717) is 6.42 Å². The van der Waals surface area contributed by atoms with Gasteiger partial charge < -0.3 is 5.11 Å². The highest BCUT2D eigenvalue weighted by molar-refractivity contribution is 5.86. The molecule has 1 N–H and O–H groups in total. The molecule has 0 aromatic heterocycles. The van der Waals surface area contributed by atoms with Crippen LogP contribution in [0.1, 0.15) is 124 Å². The van der Waals surface area contributed by atoms with Gasteiger partial charge in [0, 0.05) is 6.42 Å². The number of hydrogen-bond donors (Lipinski definition) is 1. The second-order valence-electron chi connectivity index (χ2n) is 7.68. The van der Waals surface area contributed by atoms with Gasteiger partial charge in [-0.2, -0.15) is 0 Å². The summed E-state index contributed by atoms with van der Waals surface area (Å²) in [6, 6.07) is 0. The average molecular weight is 327 g/mol. The first-order valence-corrected chi connectivity index (χ1v) is 10.2. The first-order valence-electron chi connectivity index (χ1n) is 10.2. The Morgan fingerprint density at radius 2 is 0.957 bits per heavy atom. The maximum Gasteiger partial charge on any atom is 0.163 e. The van der Waals surface area contributed by atoms with Gasteiger partial charge in [-0.05, 0) is 20.3 Å². The van der Waals surface area contributed by atoms with Gasteiger partial charge in [-0.15, -0.1) is 0 Å². The van der Waals surface area contributed by atoms with E-state index >= 15 is 0 Å². The number of carbonyl (C=O) groups excluding carboxylic acids is 1. The zero-order chi connectivity index (χ0) is 17.4. The van der Waals surface area contributed by atoms with Gasteiger partial charge in [-0.1, -0.05) is 96.8 Å². The Labute approximate surface area is 145 Å². The Balaban J connectivity index is 3.12. The van der Waals surface area contributed by atoms with E-state index in [9.17, 15) is 9.90 Å². The summed E-state index contributed by atoms with van der Waals surface area (Å²) in [5, 5.41) is 9.55. The minimum atomic E-state index is -1.14. The lowest BCUT2D eigenvalue weighted by Crippen LogP contribution is -2.30. The van der Waals surface area contributed by atoms with Crippen molar-refractivity contribution in [1.29, 1.82) is 0 Å². The molecule has 0 fully saturated rings. The van der Waals surface area contributed by atoms with Crippen molar-refractivity contribution < 1.29 is 9.90 Å². The summed E-state index contributed by atoms with van der Waals surface area (Å²) in [6.45, 7) is 5.44. The number of hydrogen-bond acceptors (Lipinski definition) is 2. The Kier molecular flexibility index (Phi) is 14.9. The summed E-state index contributed by atoms with van der Waals surface area (Å²) in [7, 11) is 0. The van der Waals surface area contributed by atoms with E-state index in [2.05, 4.69) is 6.92 Å². The van der Waals surface area contributed by atoms with E-state index in [1.807, 2.05) is 0 Å². The summed E-state index contributed by atoms with van der Waals surface area (Å²) in [4.78, 5) is 11.5. The van der Waals surface area contributed by atoms with Crippen LogP contribution >= 0.6 is 0 Å². The lowest BCUT2D eigenvalue weighted by Gasteiger charge is -2.14. The highest BCUT2D eigenvalue weighted by atomic mass is 16.3. The molecule has 0 aliphatic carbocycles. The minimum absolute atomic E-state index is 0.0211. The van der Waals surface area contributed by atoms with Gasteiger partial charge in [-0.3, -0.25) is 4.79 Å². The third-order valence-corrected chi connectivity index (χ3v) is 4.69. The third-order valence-electron chi connectivity index (χ3n) is 4.69. The summed E-state index contributed by atoms with van der Waals surface area (Å²) in [5.41, 5.74) is -1.14. The molecule has 23 heavy (non-hydrogen) atoms. The van der Waals surface area contributed by atoms with E-state index in [0.717, 1.165) is 12.8 Å². The second-order valence-corrected chi connectivity index (χ2v) is 7.68. The van der Waals surface area contributed by atoms with E-state index < -0.39 is 5.60 Å². The van der Waals surface area contributed by atoms with Gasteiger partial charge in [0.2, 0.25) is 0 Å². The van der Waals surface area contributed by atoms with Crippen LogP contribution < -0.4 is 0 Å². The van der Waals surface area contributed by atoms with Gasteiger partial charge in [0.15, 0.2) is 5.78 Å². The standard InChI is InChI=1S/C21H42O2/c1-4-5-6-7-8-9-10-11-12-13-14-15-16-17-18-19-20(22)21(2,3)23/h23H,4-19H2,1-3H3. The number of ketones is 1. The predicted molar refractivity (Wildman–Crippen MR) is 101 cm³/mol. The molecule has 0 spiro atoms. The fourth-order valence-electron chi connectivity index (χ4n) is 2.96. The molecule has 138 valence electrons. The van der Waals surface area contributed by atoms with E-state index in [4.69, 9.17) is 0 Å². The fourth-order valence-corrected chi connectivity index (χ4v) is 2.96. The lowest BCUT2D eigenvalue weighted by molar-refractivity contribution is -0.134. The van der Waals surface area contributed by atoms with Crippen LogP contribution in [0.2, 0.25) is 0 Å². The van der Waals surface area contributed by atoms with Crippen LogP contribution in [0.15, 0.2) is 0 Å². The maximum atomic E-state index is 11.5. The smallest absolute Gasteiger partial charge is 0.163 e. The Hall–Kier alpha value is -0.370. The molecule has 0 radical (unpaired) electrons. The molecule has 0 aliphatic rings. The van der Waals surface area contributed by atoms with Crippen LogP contribution in [-0.4, -0.2) is 16.5 Å². The van der Waals surface area contributed by atoms with Gasteiger partial charge in [-0.25, -0.2) is 0 Å². The molecule has 0 saturated carbocycles. The van der Waals surface area contributed by atoms with Crippen molar-refractivity contribution in [2.24, 2.45) is 0 Å². The van der Waals surface area contributed by atoms with Crippen molar-refractivity contribution in [3.05, 3.63) is 0 Å². The first-order chi connectivity index (χ1) is 11.0. The van der Waals surface area contributed by atoms with Crippen LogP contribution in [0.5, 0.6) is 0 Å². The molecule has 2 heteroatoms. The van der Waals surface area contributed by atoms with Crippen molar-refractivity contribution >= 4 is 5.78 Å². The monoisotopic (exact) mass is 326 g/mol. The SMILES string of the molecule is CCCCCCCCCCCCCCCCCC(=O)C(C)(C)O. The predicted octanol–water partition coefficient (Wildman–Crippen LogP) is 6.59. The summed E-state index contributed by atoms with van der Waals surface area (Å²) < 4.78 is 0. The molecular weight excluding hydrogens is 284 g/mol. The maximum absolute atomic E-state index is 11.5. The molecule has 2 nitrogen and oxygen atoms in total. The average Bonchev–Trinajstić information content (AvgIpc) is 2.50. The van der Waals surface area contributed by atoms with E-state index in [-0.39, 0.29) is 5.78 Å². The Morgan fingerprint density at radius 3 is 1.26 bits per heavy atom. The number of unbranched alkanes of at least 4 members (excludes halogenated alkanes) is 14. The van der Waals surface area contributed by atoms with Crippen molar-refractivity contribution in [3.63, 3.8) is 0 Å². The fraction of sp³-hybridized carbons (Fsp3) is 0.952. The summed E-state index contributed by atoms with van der Waals surface area (Å²) in [5.74, 6) is -0.0211. The molecule has 0 atom stereocenters. The lowest BCUT2D eigenvalue weighted by atomic mass is 9.98. The van der Waals surface area contributed by atoms with Gasteiger partial charge >= 0.3 is 0 Å². The van der Waals surface area contributed by atoms with Crippen LogP contribution in [0.3, 0.4) is 0 Å². The van der Waals surface area contributed by atoms with Crippen molar-refractivity contribution in [2.45, 2.75) is 129 Å². The molecule has 0 saturated heterocycles. The zero-order valence-corrected chi connectivity index (χ0v) is 16.2. The Bertz CT molecular complexity index is 266. The van der Waals surface area contributed by atoms with Crippen molar-refractivity contribution in [2.75, 3.05) is 0 Å². The topological polar surface area (TPSA) is 37.3 Å². The number of rotatable bonds is 17. The van der Waals surface area contributed by atoms with Crippen LogP contribution in [0.4, 0.5) is 0 Å². The molecule has 0 bridgehead atoms. The number of carbonyl (C=O) groups is 1. The van der Waals surface area contributed by atoms with Crippen LogP contribution in [0, 0.1) is 0 Å². The normalized spacial score (nSPS) is 11.8. The highest BCUT2D eigenvalue weighted by Gasteiger charge is 2.22. The first kappa shape index (κ1) is 22.6. The van der Waals surface area contributed by atoms with Crippen molar-refractivity contribution in [1.82, 2.24) is 0 Å². The molecule has 0 heterocycles. The highest BCUT2D eigenvalue weighted by Crippen LogP contribution is 2.15.